The van der Waals surface area contributed by atoms with Crippen LogP contribution >= 0.6 is 0 Å². The fourth-order valence-corrected chi connectivity index (χ4v) is 5.22. The Hall–Kier alpha value is -3.39. The molecule has 3 unspecified atom stereocenters. The van der Waals surface area contributed by atoms with Crippen LogP contribution in [0.4, 0.5) is 4.79 Å². The van der Waals surface area contributed by atoms with Gasteiger partial charge in [-0.1, -0.05) is 68.8 Å². The number of hydrogen-bond donors (Lipinski definition) is 1. The minimum absolute atomic E-state index is 0.0141. The summed E-state index contributed by atoms with van der Waals surface area (Å²) in [4.78, 5) is 39.8. The van der Waals surface area contributed by atoms with Crippen LogP contribution in [0, 0.1) is 5.92 Å². The highest BCUT2D eigenvalue weighted by molar-refractivity contribution is 5.83. The lowest BCUT2D eigenvalue weighted by molar-refractivity contribution is -0.160. The molecule has 0 bridgehead atoms. The summed E-state index contributed by atoms with van der Waals surface area (Å²) in [5.74, 6) is -0.715. The Morgan fingerprint density at radius 1 is 1.00 bits per heavy atom. The van der Waals surface area contributed by atoms with Gasteiger partial charge in [-0.25, -0.2) is 4.79 Å². The van der Waals surface area contributed by atoms with Crippen LogP contribution in [-0.2, 0) is 23.8 Å². The molecule has 1 N–H and O–H groups in total. The summed E-state index contributed by atoms with van der Waals surface area (Å²) in [7, 11) is 3.19. The van der Waals surface area contributed by atoms with Crippen LogP contribution in [0.25, 0.3) is 11.1 Å². The highest BCUT2D eigenvalue weighted by atomic mass is 16.6. The topological polar surface area (TPSA) is 94.2 Å². The number of carbonyl (C=O) groups is 3. The van der Waals surface area contributed by atoms with Gasteiger partial charge < -0.3 is 24.4 Å². The van der Waals surface area contributed by atoms with E-state index in [-0.39, 0.29) is 49.3 Å². The smallest absolute Gasteiger partial charge is 0.407 e. The minimum Gasteiger partial charge on any atom is -0.460 e. The molecule has 3 atom stereocenters. The van der Waals surface area contributed by atoms with E-state index in [1.54, 1.807) is 11.9 Å². The van der Waals surface area contributed by atoms with E-state index in [0.717, 1.165) is 28.7 Å². The van der Waals surface area contributed by atoms with E-state index < -0.39 is 17.8 Å². The third kappa shape index (κ3) is 7.60. The molecule has 1 aliphatic carbocycles. The fraction of sp³-hybridized carbons (Fsp3) is 0.516. The van der Waals surface area contributed by atoms with Crippen LogP contribution in [0.3, 0.4) is 0 Å². The molecular formula is C31H42N2O6. The number of methoxy groups -OCH3 is 1. The van der Waals surface area contributed by atoms with Crippen molar-refractivity contribution in [2.75, 3.05) is 27.3 Å². The first-order chi connectivity index (χ1) is 18.5. The zero-order valence-corrected chi connectivity index (χ0v) is 24.2. The molecule has 0 aliphatic heterocycles. The van der Waals surface area contributed by atoms with Crippen molar-refractivity contribution in [3.05, 3.63) is 59.7 Å². The Morgan fingerprint density at radius 2 is 1.56 bits per heavy atom. The highest BCUT2D eigenvalue weighted by Gasteiger charge is 2.35. The summed E-state index contributed by atoms with van der Waals surface area (Å²) in [5.41, 5.74) is 3.92. The maximum atomic E-state index is 13.1. The lowest BCUT2D eigenvalue weighted by Gasteiger charge is -2.37. The number of nitrogens with one attached hydrogen (secondary N) is 1. The first-order valence-electron chi connectivity index (χ1n) is 13.6. The Bertz CT molecular complexity index is 1110. The minimum atomic E-state index is -0.657. The van der Waals surface area contributed by atoms with Gasteiger partial charge in [-0.2, -0.15) is 0 Å². The van der Waals surface area contributed by atoms with Crippen LogP contribution in [0.5, 0.6) is 0 Å². The molecule has 2 amide bonds. The molecule has 2 aromatic rings. The average Bonchev–Trinajstić information content (AvgIpc) is 3.22. The van der Waals surface area contributed by atoms with Crippen LogP contribution in [-0.4, -0.2) is 67.9 Å². The number of rotatable bonds is 11. The van der Waals surface area contributed by atoms with Crippen LogP contribution < -0.4 is 5.32 Å². The van der Waals surface area contributed by atoms with Crippen molar-refractivity contribution in [1.82, 2.24) is 10.2 Å². The molecule has 0 saturated heterocycles. The molecule has 3 rings (SSSR count). The van der Waals surface area contributed by atoms with Crippen molar-refractivity contribution >= 4 is 18.0 Å². The molecule has 0 heterocycles. The maximum Gasteiger partial charge on any atom is 0.407 e. The van der Waals surface area contributed by atoms with Crippen molar-refractivity contribution in [1.29, 1.82) is 0 Å². The Kier molecular flexibility index (Phi) is 10.1. The average molecular weight is 539 g/mol. The van der Waals surface area contributed by atoms with Crippen molar-refractivity contribution < 1.29 is 28.6 Å². The molecule has 0 spiro atoms. The molecule has 0 aromatic heterocycles. The molecule has 0 fully saturated rings. The van der Waals surface area contributed by atoms with E-state index >= 15 is 0 Å². The number of hydrogen-bond acceptors (Lipinski definition) is 6. The Balaban J connectivity index is 1.59. The number of amides is 2. The maximum absolute atomic E-state index is 13.1. The first kappa shape index (κ1) is 30.2. The van der Waals surface area contributed by atoms with Crippen molar-refractivity contribution in [3.63, 3.8) is 0 Å². The number of carbonyl (C=O) groups excluding carboxylic acids is 3. The van der Waals surface area contributed by atoms with Gasteiger partial charge in [0.25, 0.3) is 0 Å². The van der Waals surface area contributed by atoms with E-state index in [9.17, 15) is 14.4 Å². The lowest BCUT2D eigenvalue weighted by atomic mass is 9.91. The fourth-order valence-electron chi connectivity index (χ4n) is 5.22. The second kappa shape index (κ2) is 13.1. The van der Waals surface area contributed by atoms with Crippen molar-refractivity contribution in [2.24, 2.45) is 5.92 Å². The number of ether oxygens (including phenoxy) is 3. The summed E-state index contributed by atoms with van der Waals surface area (Å²) < 4.78 is 16.7. The molecule has 8 heteroatoms. The molecule has 39 heavy (non-hydrogen) atoms. The van der Waals surface area contributed by atoms with Crippen LogP contribution in [0.15, 0.2) is 48.5 Å². The van der Waals surface area contributed by atoms with Crippen molar-refractivity contribution in [2.45, 2.75) is 71.1 Å². The number of likely N-dealkylation sites (N-methyl/N-ethyl adjacent to an activating group) is 1. The molecule has 0 saturated carbocycles. The normalized spacial score (nSPS) is 14.9. The monoisotopic (exact) mass is 538 g/mol. The third-order valence-corrected chi connectivity index (χ3v) is 7.27. The Labute approximate surface area is 232 Å². The number of esters is 1. The van der Waals surface area contributed by atoms with Gasteiger partial charge in [-0.15, -0.1) is 0 Å². The van der Waals surface area contributed by atoms with Gasteiger partial charge in [0.05, 0.1) is 18.6 Å². The van der Waals surface area contributed by atoms with Gasteiger partial charge in [0, 0.05) is 20.1 Å². The third-order valence-electron chi connectivity index (χ3n) is 7.27. The quantitative estimate of drug-likeness (QED) is 0.398. The largest absolute Gasteiger partial charge is 0.460 e. The second-order valence-electron chi connectivity index (χ2n) is 11.1. The molecule has 1 aliphatic rings. The zero-order valence-electron chi connectivity index (χ0n) is 24.2. The molecule has 212 valence electrons. The molecule has 0 radical (unpaired) electrons. The molecule has 8 nitrogen and oxygen atoms in total. The number of alkyl carbamates (subject to hydrolysis) is 1. The Morgan fingerprint density at radius 3 is 2.08 bits per heavy atom. The standard InChI is InChI=1S/C31H42N2O6/c1-8-20(2)29(26(37-7)17-28(35)39-31(3,4)5)33(6)27(34)18-32-30(36)38-19-25-23-15-11-9-13-21(23)22-14-10-12-16-24(22)25/h9-16,20,25-26,29H,8,17-19H2,1-7H3,(H,32,36). The van der Waals surface area contributed by atoms with Crippen LogP contribution in [0.2, 0.25) is 0 Å². The van der Waals surface area contributed by atoms with Gasteiger partial charge in [0.2, 0.25) is 5.91 Å². The van der Waals surface area contributed by atoms with Gasteiger partial charge in [-0.05, 0) is 48.9 Å². The van der Waals surface area contributed by atoms with Gasteiger partial charge in [0.15, 0.2) is 0 Å². The highest BCUT2D eigenvalue weighted by Crippen LogP contribution is 2.44. The second-order valence-corrected chi connectivity index (χ2v) is 11.1. The summed E-state index contributed by atoms with van der Waals surface area (Å²) in [6.07, 6.45) is -0.426. The lowest BCUT2D eigenvalue weighted by Crippen LogP contribution is -2.52. The first-order valence-corrected chi connectivity index (χ1v) is 13.6. The summed E-state index contributed by atoms with van der Waals surface area (Å²) in [6, 6.07) is 15.8. The molecular weight excluding hydrogens is 496 g/mol. The van der Waals surface area contributed by atoms with E-state index in [2.05, 4.69) is 29.6 Å². The van der Waals surface area contributed by atoms with E-state index in [0.29, 0.717) is 0 Å². The predicted octanol–water partition coefficient (Wildman–Crippen LogP) is 5.15. The van der Waals surface area contributed by atoms with E-state index in [4.69, 9.17) is 14.2 Å². The number of fused-ring (bicyclic) bond motifs is 3. The molecule has 2 aromatic carbocycles. The summed E-state index contributed by atoms with van der Waals surface area (Å²) in [6.45, 7) is 9.39. The van der Waals surface area contributed by atoms with Crippen molar-refractivity contribution in [3.8, 4) is 11.1 Å². The number of nitrogens with zero attached hydrogens (tertiary/aromatic N) is 1. The van der Waals surface area contributed by atoms with Crippen LogP contribution in [0.1, 0.15) is 64.5 Å². The summed E-state index contributed by atoms with van der Waals surface area (Å²) in [5, 5.41) is 2.59. The van der Waals surface area contributed by atoms with Gasteiger partial charge in [0.1, 0.15) is 18.8 Å². The van der Waals surface area contributed by atoms with Gasteiger partial charge in [-0.3, -0.25) is 9.59 Å². The van der Waals surface area contributed by atoms with E-state index in [1.807, 2.05) is 58.9 Å². The predicted molar refractivity (Wildman–Crippen MR) is 150 cm³/mol. The summed E-state index contributed by atoms with van der Waals surface area (Å²) >= 11 is 0. The van der Waals surface area contributed by atoms with Gasteiger partial charge >= 0.3 is 12.1 Å². The van der Waals surface area contributed by atoms with E-state index in [1.165, 1.54) is 7.11 Å². The number of benzene rings is 2. The zero-order chi connectivity index (χ0) is 28.7. The SMILES string of the molecule is CCC(C)C(C(CC(=O)OC(C)(C)C)OC)N(C)C(=O)CNC(=O)OCC1c2ccccc2-c2ccccc21.